The van der Waals surface area contributed by atoms with Gasteiger partial charge in [0, 0.05) is 6.42 Å². The maximum atomic E-state index is 10.4. The number of rotatable bonds is 3. The van der Waals surface area contributed by atoms with E-state index in [0.717, 1.165) is 0 Å². The summed E-state index contributed by atoms with van der Waals surface area (Å²) in [6, 6.07) is 8.59. The molecule has 0 unspecified atom stereocenters. The fourth-order valence-corrected chi connectivity index (χ4v) is 1.32. The molecular formula is C8H10O4S. The Hall–Kier alpha value is -0.910. The molecular weight excluding hydrogens is 192 g/mol. The van der Waals surface area contributed by atoms with Crippen molar-refractivity contribution in [1.82, 2.24) is 0 Å². The smallest absolute Gasteiger partial charge is 0.292 e. The van der Waals surface area contributed by atoms with Crippen LogP contribution < -0.4 is 0 Å². The quantitative estimate of drug-likeness (QED) is 0.697. The summed E-state index contributed by atoms with van der Waals surface area (Å²) in [7, 11) is -4.35. The molecule has 0 bridgehead atoms. The molecule has 0 fully saturated rings. The molecule has 5 heteroatoms. The van der Waals surface area contributed by atoms with Crippen LogP contribution in [0.15, 0.2) is 30.3 Å². The molecule has 0 spiro atoms. The monoisotopic (exact) mass is 202 g/mol. The van der Waals surface area contributed by atoms with E-state index in [4.69, 9.17) is 9.66 Å². The fraction of sp³-hybridized carbons (Fsp3) is 0.250. The van der Waals surface area contributed by atoms with Crippen LogP contribution in [0.4, 0.5) is 0 Å². The second-order valence-corrected chi connectivity index (χ2v) is 4.23. The Bertz CT molecular complexity index is 357. The summed E-state index contributed by atoms with van der Waals surface area (Å²) in [5, 5.41) is 9.00. The Labute approximate surface area is 76.6 Å². The second-order valence-electron chi connectivity index (χ2n) is 2.66. The van der Waals surface area contributed by atoms with E-state index in [0.29, 0.717) is 5.56 Å². The normalized spacial score (nSPS) is 14.0. The Kier molecular flexibility index (Phi) is 3.02. The minimum atomic E-state index is -4.35. The molecule has 0 aliphatic heterocycles. The summed E-state index contributed by atoms with van der Waals surface area (Å²) < 4.78 is 29.4. The van der Waals surface area contributed by atoms with Crippen LogP contribution >= 0.6 is 0 Å². The minimum absolute atomic E-state index is 0.0975. The number of aliphatic hydroxyl groups is 1. The summed E-state index contributed by atoms with van der Waals surface area (Å²) in [5.41, 5.74) is -1.08. The average Bonchev–Trinajstić information content (AvgIpc) is 2.04. The zero-order valence-corrected chi connectivity index (χ0v) is 7.61. The Morgan fingerprint density at radius 1 is 1.23 bits per heavy atom. The lowest BCUT2D eigenvalue weighted by atomic mass is 10.2. The van der Waals surface area contributed by atoms with Crippen molar-refractivity contribution in [3.05, 3.63) is 35.9 Å². The van der Waals surface area contributed by atoms with Crippen LogP contribution in [0.25, 0.3) is 0 Å². The SMILES string of the molecule is O=S(=O)(O)[C@H](O)Cc1ccccc1. The molecule has 1 aromatic carbocycles. The molecule has 0 aliphatic rings. The topological polar surface area (TPSA) is 74.6 Å². The molecule has 1 atom stereocenters. The lowest BCUT2D eigenvalue weighted by Crippen LogP contribution is -2.22. The molecule has 1 rings (SSSR count). The van der Waals surface area contributed by atoms with E-state index >= 15 is 0 Å². The van der Waals surface area contributed by atoms with Crippen molar-refractivity contribution >= 4 is 10.1 Å². The predicted molar refractivity (Wildman–Crippen MR) is 47.7 cm³/mol. The summed E-state index contributed by atoms with van der Waals surface area (Å²) in [5.74, 6) is 0. The maximum Gasteiger partial charge on any atom is 0.292 e. The molecule has 13 heavy (non-hydrogen) atoms. The fourth-order valence-electron chi connectivity index (χ4n) is 0.921. The summed E-state index contributed by atoms with van der Waals surface area (Å²) >= 11 is 0. The van der Waals surface area contributed by atoms with Crippen LogP contribution in [-0.4, -0.2) is 23.5 Å². The standard InChI is InChI=1S/C8H10O4S/c9-8(13(10,11)12)6-7-4-2-1-3-5-7/h1-5,8-9H,6H2,(H,10,11,12)/t8-/m0/s1. The lowest BCUT2D eigenvalue weighted by molar-refractivity contribution is 0.234. The zero-order valence-electron chi connectivity index (χ0n) is 6.79. The molecule has 0 radical (unpaired) electrons. The number of hydrogen-bond acceptors (Lipinski definition) is 3. The summed E-state index contributed by atoms with van der Waals surface area (Å²) in [6.07, 6.45) is -0.0975. The van der Waals surface area contributed by atoms with Crippen LogP contribution in [0.3, 0.4) is 0 Å². The van der Waals surface area contributed by atoms with Gasteiger partial charge in [-0.2, -0.15) is 8.42 Å². The highest BCUT2D eigenvalue weighted by atomic mass is 32.2. The molecule has 0 aromatic heterocycles. The van der Waals surface area contributed by atoms with Crippen molar-refractivity contribution in [2.75, 3.05) is 0 Å². The van der Waals surface area contributed by atoms with E-state index in [9.17, 15) is 8.42 Å². The van der Waals surface area contributed by atoms with Crippen LogP contribution in [0.1, 0.15) is 5.56 Å². The van der Waals surface area contributed by atoms with Crippen LogP contribution in [-0.2, 0) is 16.5 Å². The van der Waals surface area contributed by atoms with Crippen molar-refractivity contribution < 1.29 is 18.1 Å². The first kappa shape index (κ1) is 10.2. The highest BCUT2D eigenvalue weighted by Crippen LogP contribution is 2.06. The molecule has 0 aliphatic carbocycles. The number of benzene rings is 1. The van der Waals surface area contributed by atoms with Crippen molar-refractivity contribution in [3.63, 3.8) is 0 Å². The average molecular weight is 202 g/mol. The van der Waals surface area contributed by atoms with E-state index < -0.39 is 15.6 Å². The Balaban J connectivity index is 2.72. The van der Waals surface area contributed by atoms with Gasteiger partial charge >= 0.3 is 0 Å². The van der Waals surface area contributed by atoms with Gasteiger partial charge in [-0.05, 0) is 5.56 Å². The molecule has 4 nitrogen and oxygen atoms in total. The van der Waals surface area contributed by atoms with E-state index in [-0.39, 0.29) is 6.42 Å². The van der Waals surface area contributed by atoms with Crippen LogP contribution in [0.2, 0.25) is 0 Å². The first-order valence-electron chi connectivity index (χ1n) is 3.68. The Morgan fingerprint density at radius 3 is 2.23 bits per heavy atom. The van der Waals surface area contributed by atoms with Gasteiger partial charge in [0.05, 0.1) is 0 Å². The second kappa shape index (κ2) is 3.87. The van der Waals surface area contributed by atoms with Crippen molar-refractivity contribution in [2.24, 2.45) is 0 Å². The zero-order chi connectivity index (χ0) is 9.90. The first-order chi connectivity index (χ1) is 6.00. The van der Waals surface area contributed by atoms with Gasteiger partial charge in [0.15, 0.2) is 5.44 Å². The molecule has 2 N–H and O–H groups in total. The van der Waals surface area contributed by atoms with Gasteiger partial charge < -0.3 is 5.11 Å². The number of hydrogen-bond donors (Lipinski definition) is 2. The highest BCUT2D eigenvalue weighted by molar-refractivity contribution is 7.86. The van der Waals surface area contributed by atoms with E-state index in [2.05, 4.69) is 0 Å². The summed E-state index contributed by atoms with van der Waals surface area (Å²) in [6.45, 7) is 0. The van der Waals surface area contributed by atoms with Gasteiger partial charge in [0.25, 0.3) is 10.1 Å². The largest absolute Gasteiger partial charge is 0.375 e. The number of aliphatic hydroxyl groups excluding tert-OH is 1. The van der Waals surface area contributed by atoms with E-state index in [1.165, 1.54) is 0 Å². The maximum absolute atomic E-state index is 10.4. The third kappa shape index (κ3) is 3.14. The highest BCUT2D eigenvalue weighted by Gasteiger charge is 2.19. The molecule has 1 aromatic rings. The van der Waals surface area contributed by atoms with Gasteiger partial charge in [-0.25, -0.2) is 0 Å². The third-order valence-corrected chi connectivity index (χ3v) is 2.45. The van der Waals surface area contributed by atoms with Gasteiger partial charge in [-0.3, -0.25) is 4.55 Å². The minimum Gasteiger partial charge on any atom is -0.375 e. The van der Waals surface area contributed by atoms with E-state index in [1.54, 1.807) is 30.3 Å². The van der Waals surface area contributed by atoms with Crippen LogP contribution in [0.5, 0.6) is 0 Å². The van der Waals surface area contributed by atoms with Crippen molar-refractivity contribution in [1.29, 1.82) is 0 Å². The molecule has 0 saturated heterocycles. The lowest BCUT2D eigenvalue weighted by Gasteiger charge is -2.06. The Morgan fingerprint density at radius 2 is 1.77 bits per heavy atom. The summed E-state index contributed by atoms with van der Waals surface area (Å²) in [4.78, 5) is 0. The molecule has 0 heterocycles. The van der Waals surface area contributed by atoms with E-state index in [1.807, 2.05) is 0 Å². The third-order valence-electron chi connectivity index (χ3n) is 1.60. The van der Waals surface area contributed by atoms with Gasteiger partial charge in [-0.15, -0.1) is 0 Å². The first-order valence-corrected chi connectivity index (χ1v) is 5.19. The van der Waals surface area contributed by atoms with Gasteiger partial charge in [0.2, 0.25) is 0 Å². The van der Waals surface area contributed by atoms with Crippen molar-refractivity contribution in [3.8, 4) is 0 Å². The van der Waals surface area contributed by atoms with Gasteiger partial charge in [0.1, 0.15) is 0 Å². The van der Waals surface area contributed by atoms with Gasteiger partial charge in [-0.1, -0.05) is 30.3 Å². The molecule has 0 saturated carbocycles. The van der Waals surface area contributed by atoms with Crippen LogP contribution in [0, 0.1) is 0 Å². The van der Waals surface area contributed by atoms with Crippen molar-refractivity contribution in [2.45, 2.75) is 11.9 Å². The predicted octanol–water partition coefficient (Wildman–Crippen LogP) is 0.435. The molecule has 0 amide bonds. The molecule has 72 valence electrons.